The van der Waals surface area contributed by atoms with Crippen LogP contribution in [0.5, 0.6) is 5.75 Å². The minimum absolute atomic E-state index is 0.0999. The fraction of sp³-hybridized carbons (Fsp3) is 0.364. The average Bonchev–Trinajstić information content (AvgIpc) is 3.72. The maximum Gasteiger partial charge on any atom is 0.276 e. The lowest BCUT2D eigenvalue weighted by Gasteiger charge is -2.26. The van der Waals surface area contributed by atoms with Gasteiger partial charge in [0.25, 0.3) is 5.91 Å². The number of anilines is 2. The molecule has 266 valence electrons. The minimum atomic E-state index is -3.98. The first-order valence-corrected chi connectivity index (χ1v) is 17.9. The van der Waals surface area contributed by atoms with E-state index in [2.05, 4.69) is 25.7 Å². The molecule has 1 fully saturated rings. The first-order chi connectivity index (χ1) is 23.9. The number of allylic oxidation sites excluding steroid dienone is 2. The van der Waals surface area contributed by atoms with E-state index in [1.807, 2.05) is 32.9 Å². The zero-order valence-corrected chi connectivity index (χ0v) is 29.3. The second kappa shape index (κ2) is 15.1. The van der Waals surface area contributed by atoms with E-state index >= 15 is 0 Å². The lowest BCUT2D eigenvalue weighted by atomic mass is 10.0. The predicted molar refractivity (Wildman–Crippen MR) is 191 cm³/mol. The van der Waals surface area contributed by atoms with Crippen LogP contribution >= 0.6 is 0 Å². The molecule has 1 aliphatic heterocycles. The SMILES string of the molecule is CC.CCn1nc(C)cc1C(=O)Nc1nc2cc(S(N)(=O)=O)ccc2n1C/C=C/Cn1c(N)nc2cc(C(N)=O)cc(OCCC3CNC3)c21. The molecule has 0 saturated carbocycles. The number of sulfonamides is 1. The lowest BCUT2D eigenvalue weighted by Crippen LogP contribution is -2.42. The lowest BCUT2D eigenvalue weighted by molar-refractivity contribution is 0.0995. The number of nitrogens with one attached hydrogen (secondary N) is 2. The quantitative estimate of drug-likeness (QED) is 0.112. The fourth-order valence-corrected chi connectivity index (χ4v) is 6.17. The Morgan fingerprint density at radius 3 is 2.42 bits per heavy atom. The molecule has 17 heteroatoms. The van der Waals surface area contributed by atoms with Crippen LogP contribution in [-0.2, 0) is 29.7 Å². The number of imidazole rings is 2. The summed E-state index contributed by atoms with van der Waals surface area (Å²) in [4.78, 5) is 34.2. The van der Waals surface area contributed by atoms with Gasteiger partial charge in [0.1, 0.15) is 17.0 Å². The van der Waals surface area contributed by atoms with Crippen molar-refractivity contribution in [3.63, 3.8) is 0 Å². The van der Waals surface area contributed by atoms with Crippen LogP contribution < -0.4 is 32.0 Å². The summed E-state index contributed by atoms with van der Waals surface area (Å²) in [6, 6.07) is 9.22. The maximum absolute atomic E-state index is 13.3. The normalized spacial score (nSPS) is 13.4. The summed E-state index contributed by atoms with van der Waals surface area (Å²) in [5.41, 5.74) is 15.2. The minimum Gasteiger partial charge on any atom is -0.491 e. The van der Waals surface area contributed by atoms with Gasteiger partial charge in [0.2, 0.25) is 27.8 Å². The van der Waals surface area contributed by atoms with Crippen molar-refractivity contribution in [1.29, 1.82) is 0 Å². The number of ether oxygens (including phenoxy) is 1. The van der Waals surface area contributed by atoms with Gasteiger partial charge in [-0.05, 0) is 75.7 Å². The number of fused-ring (bicyclic) bond motifs is 2. The number of primary amides is 1. The molecule has 0 atom stereocenters. The van der Waals surface area contributed by atoms with E-state index in [-0.39, 0.29) is 28.9 Å². The Morgan fingerprint density at radius 2 is 1.78 bits per heavy atom. The summed E-state index contributed by atoms with van der Waals surface area (Å²) in [5, 5.41) is 15.8. The number of hydrogen-bond acceptors (Lipinski definition) is 10. The largest absolute Gasteiger partial charge is 0.491 e. The third kappa shape index (κ3) is 7.64. The fourth-order valence-electron chi connectivity index (χ4n) is 5.63. The molecule has 0 bridgehead atoms. The number of aromatic nitrogens is 6. The second-order valence-electron chi connectivity index (χ2n) is 11.6. The van der Waals surface area contributed by atoms with E-state index in [1.54, 1.807) is 45.0 Å². The van der Waals surface area contributed by atoms with Gasteiger partial charge in [-0.15, -0.1) is 0 Å². The van der Waals surface area contributed by atoms with Gasteiger partial charge in [-0.2, -0.15) is 5.10 Å². The molecule has 0 spiro atoms. The van der Waals surface area contributed by atoms with Crippen molar-refractivity contribution in [1.82, 2.24) is 34.2 Å². The first-order valence-electron chi connectivity index (χ1n) is 16.4. The molecule has 8 N–H and O–H groups in total. The molecule has 0 radical (unpaired) electrons. The van der Waals surface area contributed by atoms with Gasteiger partial charge in [-0.3, -0.25) is 19.6 Å². The van der Waals surface area contributed by atoms with Gasteiger partial charge in [-0.25, -0.2) is 23.5 Å². The Labute approximate surface area is 289 Å². The second-order valence-corrected chi connectivity index (χ2v) is 13.2. The smallest absolute Gasteiger partial charge is 0.276 e. The number of aryl methyl sites for hydroxylation is 2. The van der Waals surface area contributed by atoms with Gasteiger partial charge in [0.05, 0.1) is 33.7 Å². The van der Waals surface area contributed by atoms with Crippen LogP contribution in [0.1, 0.15) is 53.7 Å². The van der Waals surface area contributed by atoms with Crippen LogP contribution in [0.25, 0.3) is 22.1 Å². The van der Waals surface area contributed by atoms with Crippen LogP contribution in [0.3, 0.4) is 0 Å². The number of carbonyl (C=O) groups is 2. The molecule has 6 rings (SSSR count). The predicted octanol–water partition coefficient (Wildman–Crippen LogP) is 2.76. The molecule has 0 unspecified atom stereocenters. The van der Waals surface area contributed by atoms with E-state index in [9.17, 15) is 18.0 Å². The molecule has 1 saturated heterocycles. The number of nitrogens with two attached hydrogens (primary N) is 3. The van der Waals surface area contributed by atoms with Crippen molar-refractivity contribution in [2.75, 3.05) is 30.7 Å². The number of amides is 2. The van der Waals surface area contributed by atoms with Gasteiger partial charge < -0.3 is 30.7 Å². The Hall–Kier alpha value is -5.26. The van der Waals surface area contributed by atoms with Crippen LogP contribution in [0.15, 0.2) is 53.4 Å². The summed E-state index contributed by atoms with van der Waals surface area (Å²) < 4.78 is 35.3. The first kappa shape index (κ1) is 36.0. The van der Waals surface area contributed by atoms with Gasteiger partial charge >= 0.3 is 0 Å². The standard InChI is InChI=1S/C31H37N11O5S.C2H6/c1-3-42-25(12-18(2)39-42)29(44)38-31-37-22-15-21(48(34,45)46)6-7-24(22)40(31)9-4-5-10-41-27-23(36-30(41)33)13-20(28(32)43)14-26(27)47-11-8-19-16-35-17-19;1-2/h4-7,12-15,19,35H,3,8-11,16-17H2,1-2H3,(H2,32,43)(H2,33,36)(H2,34,45,46)(H,37,38,44);1-2H3/b5-4+;. The van der Waals surface area contributed by atoms with Gasteiger partial charge in [-0.1, -0.05) is 26.0 Å². The zero-order valence-electron chi connectivity index (χ0n) is 28.5. The molecule has 5 aromatic rings. The highest BCUT2D eigenvalue weighted by molar-refractivity contribution is 7.89. The van der Waals surface area contributed by atoms with E-state index in [1.165, 1.54) is 12.1 Å². The summed E-state index contributed by atoms with van der Waals surface area (Å²) in [6.45, 7) is 11.1. The zero-order chi connectivity index (χ0) is 36.2. The Bertz CT molecular complexity index is 2180. The number of rotatable bonds is 13. The van der Waals surface area contributed by atoms with E-state index in [0.717, 1.165) is 19.5 Å². The summed E-state index contributed by atoms with van der Waals surface area (Å²) in [6.07, 6.45) is 4.59. The molecule has 2 amide bonds. The molecule has 50 heavy (non-hydrogen) atoms. The molecule has 1 aliphatic rings. The number of nitrogens with zero attached hydrogens (tertiary/aromatic N) is 6. The van der Waals surface area contributed by atoms with Crippen molar-refractivity contribution in [3.8, 4) is 5.75 Å². The third-order valence-electron chi connectivity index (χ3n) is 8.22. The van der Waals surface area contributed by atoms with Crippen molar-refractivity contribution in [3.05, 3.63) is 65.5 Å². The van der Waals surface area contributed by atoms with E-state index in [4.69, 9.17) is 21.3 Å². The number of primary sulfonamides is 1. The van der Waals surface area contributed by atoms with Crippen LogP contribution in [0, 0.1) is 12.8 Å². The van der Waals surface area contributed by atoms with Crippen LogP contribution in [0.4, 0.5) is 11.9 Å². The Morgan fingerprint density at radius 1 is 1.06 bits per heavy atom. The van der Waals surface area contributed by atoms with E-state index in [0.29, 0.717) is 64.8 Å². The molecule has 3 aromatic heterocycles. The summed E-state index contributed by atoms with van der Waals surface area (Å²) in [7, 11) is -3.98. The van der Waals surface area contributed by atoms with Gasteiger partial charge in [0, 0.05) is 25.2 Å². The van der Waals surface area contributed by atoms with Crippen LogP contribution in [0.2, 0.25) is 0 Å². The van der Waals surface area contributed by atoms with Crippen molar-refractivity contribution >= 4 is 55.8 Å². The van der Waals surface area contributed by atoms with Crippen LogP contribution in [-0.4, -0.2) is 68.8 Å². The van der Waals surface area contributed by atoms with Crippen molar-refractivity contribution in [2.24, 2.45) is 16.8 Å². The number of carbonyl (C=O) groups excluding carboxylic acids is 2. The number of benzene rings is 2. The third-order valence-corrected chi connectivity index (χ3v) is 9.13. The molecular formula is C33H43N11O5S. The Kier molecular flexibility index (Phi) is 10.9. The highest BCUT2D eigenvalue weighted by Crippen LogP contribution is 2.31. The van der Waals surface area contributed by atoms with E-state index < -0.39 is 21.8 Å². The molecule has 0 aliphatic carbocycles. The highest BCUT2D eigenvalue weighted by Gasteiger charge is 2.21. The van der Waals surface area contributed by atoms with Crippen molar-refractivity contribution < 1.29 is 22.7 Å². The summed E-state index contributed by atoms with van der Waals surface area (Å²) in [5.74, 6) is 0.415. The monoisotopic (exact) mass is 705 g/mol. The summed E-state index contributed by atoms with van der Waals surface area (Å²) >= 11 is 0. The molecule has 16 nitrogen and oxygen atoms in total. The van der Waals surface area contributed by atoms with Gasteiger partial charge in [0.15, 0.2) is 0 Å². The topological polar surface area (TPSA) is 233 Å². The average molecular weight is 706 g/mol. The van der Waals surface area contributed by atoms with Crippen molar-refractivity contribution in [2.45, 2.75) is 58.6 Å². The number of hydrogen-bond donors (Lipinski definition) is 5. The molecular weight excluding hydrogens is 663 g/mol. The molecule has 4 heterocycles. The number of nitrogen functional groups attached to an aromatic ring is 1. The highest BCUT2D eigenvalue weighted by atomic mass is 32.2. The maximum atomic E-state index is 13.3. The molecule has 2 aromatic carbocycles. The Balaban J connectivity index is 0.00000239.